The van der Waals surface area contributed by atoms with Gasteiger partial charge < -0.3 is 4.98 Å². The molecule has 8 heteroatoms. The molecule has 8 nitrogen and oxygen atoms in total. The summed E-state index contributed by atoms with van der Waals surface area (Å²) in [5, 5.41) is 12.1. The van der Waals surface area contributed by atoms with Crippen LogP contribution in [0.25, 0.3) is 33.5 Å². The number of pyridine rings is 1. The Kier molecular flexibility index (Phi) is 3.61. The molecule has 0 unspecified atom stereocenters. The maximum atomic E-state index is 12.6. The second-order valence-corrected chi connectivity index (χ2v) is 6.43. The largest absolute Gasteiger partial charge is 0.345 e. The molecule has 0 bridgehead atoms. The Morgan fingerprint density at radius 1 is 1.11 bits per heavy atom. The lowest BCUT2D eigenvalue weighted by molar-refractivity contribution is 0.103. The molecule has 0 radical (unpaired) electrons. The Labute approximate surface area is 159 Å². The highest BCUT2D eigenvalue weighted by molar-refractivity contribution is 6.06. The zero-order chi connectivity index (χ0) is 19.1. The predicted molar refractivity (Wildman–Crippen MR) is 104 cm³/mol. The number of carbonyl (C=O) groups is 1. The van der Waals surface area contributed by atoms with Crippen LogP contribution in [0.3, 0.4) is 0 Å². The molecule has 0 atom stereocenters. The van der Waals surface area contributed by atoms with Crippen molar-refractivity contribution >= 4 is 16.8 Å². The molecule has 28 heavy (non-hydrogen) atoms. The van der Waals surface area contributed by atoms with E-state index in [1.807, 2.05) is 37.5 Å². The number of carbonyl (C=O) groups excluding carboxylic acids is 1. The fraction of sp³-hybridized carbons (Fsp3) is 0.0500. The van der Waals surface area contributed by atoms with E-state index < -0.39 is 0 Å². The number of nitrogens with zero attached hydrogens (tertiary/aromatic N) is 5. The average Bonchev–Trinajstić information content (AvgIpc) is 3.46. The van der Waals surface area contributed by atoms with Gasteiger partial charge in [-0.1, -0.05) is 30.3 Å². The molecule has 4 heterocycles. The zero-order valence-corrected chi connectivity index (χ0v) is 14.9. The molecule has 0 fully saturated rings. The number of rotatable bonds is 4. The van der Waals surface area contributed by atoms with Crippen molar-refractivity contribution in [3.63, 3.8) is 0 Å². The Balaban J connectivity index is 1.55. The second-order valence-electron chi connectivity index (χ2n) is 6.43. The van der Waals surface area contributed by atoms with Crippen molar-refractivity contribution in [2.45, 2.75) is 0 Å². The van der Waals surface area contributed by atoms with Gasteiger partial charge in [0.15, 0.2) is 11.6 Å². The summed E-state index contributed by atoms with van der Waals surface area (Å²) in [6.07, 6.45) is 7.31. The molecule has 0 saturated heterocycles. The summed E-state index contributed by atoms with van der Waals surface area (Å²) in [5.41, 5.74) is 3.97. The quantitative estimate of drug-likeness (QED) is 0.474. The van der Waals surface area contributed by atoms with Gasteiger partial charge in [0.05, 0.1) is 6.20 Å². The van der Waals surface area contributed by atoms with Crippen molar-refractivity contribution in [2.75, 3.05) is 0 Å². The molecule has 0 saturated carbocycles. The van der Waals surface area contributed by atoms with E-state index in [0.29, 0.717) is 11.4 Å². The molecule has 1 aromatic carbocycles. The number of aromatic amines is 2. The number of aromatic nitrogens is 7. The van der Waals surface area contributed by atoms with Gasteiger partial charge in [0.25, 0.3) is 0 Å². The van der Waals surface area contributed by atoms with Crippen LogP contribution in [0, 0.1) is 0 Å². The van der Waals surface area contributed by atoms with Crippen LogP contribution in [0.5, 0.6) is 0 Å². The molecule has 136 valence electrons. The predicted octanol–water partition coefficient (Wildman–Crippen LogP) is 2.98. The Hall–Kier alpha value is -4.07. The summed E-state index contributed by atoms with van der Waals surface area (Å²) in [4.78, 5) is 24.6. The molecule has 0 aliphatic heterocycles. The van der Waals surface area contributed by atoms with Crippen molar-refractivity contribution < 1.29 is 4.79 Å². The van der Waals surface area contributed by atoms with E-state index in [-0.39, 0.29) is 11.6 Å². The van der Waals surface area contributed by atoms with Crippen molar-refractivity contribution in [3.8, 4) is 22.5 Å². The third-order valence-corrected chi connectivity index (χ3v) is 4.55. The summed E-state index contributed by atoms with van der Waals surface area (Å²) in [7, 11) is 1.87. The number of aryl methyl sites for hydroxylation is 1. The second kappa shape index (κ2) is 6.27. The van der Waals surface area contributed by atoms with E-state index in [1.54, 1.807) is 35.4 Å². The van der Waals surface area contributed by atoms with Crippen LogP contribution in [-0.2, 0) is 7.05 Å². The van der Waals surface area contributed by atoms with Crippen LogP contribution in [-0.4, -0.2) is 40.7 Å². The van der Waals surface area contributed by atoms with Gasteiger partial charge in [0, 0.05) is 53.3 Å². The van der Waals surface area contributed by atoms with E-state index in [9.17, 15) is 4.79 Å². The third-order valence-electron chi connectivity index (χ3n) is 4.55. The number of ketones is 1. The maximum absolute atomic E-state index is 12.6. The third kappa shape index (κ3) is 2.67. The minimum atomic E-state index is -0.201. The summed E-state index contributed by atoms with van der Waals surface area (Å²) in [6, 6.07) is 11.0. The molecule has 2 N–H and O–H groups in total. The highest BCUT2D eigenvalue weighted by Gasteiger charge is 2.17. The lowest BCUT2D eigenvalue weighted by Gasteiger charge is -1.98. The Bertz CT molecular complexity index is 1300. The molecule has 0 amide bonds. The van der Waals surface area contributed by atoms with Gasteiger partial charge in [-0.05, 0) is 6.07 Å². The van der Waals surface area contributed by atoms with Crippen LogP contribution in [0.2, 0.25) is 0 Å². The minimum Gasteiger partial charge on any atom is -0.345 e. The fourth-order valence-electron chi connectivity index (χ4n) is 3.13. The summed E-state index contributed by atoms with van der Waals surface area (Å²) >= 11 is 0. The van der Waals surface area contributed by atoms with E-state index in [0.717, 1.165) is 27.7 Å². The van der Waals surface area contributed by atoms with Crippen LogP contribution < -0.4 is 0 Å². The van der Waals surface area contributed by atoms with Gasteiger partial charge >= 0.3 is 0 Å². The van der Waals surface area contributed by atoms with Crippen LogP contribution in [0.1, 0.15) is 16.2 Å². The molecule has 0 aliphatic carbocycles. The lowest BCUT2D eigenvalue weighted by Crippen LogP contribution is -2.03. The Morgan fingerprint density at radius 2 is 1.96 bits per heavy atom. The van der Waals surface area contributed by atoms with Crippen molar-refractivity contribution in [3.05, 3.63) is 72.6 Å². The van der Waals surface area contributed by atoms with E-state index in [2.05, 4.69) is 30.2 Å². The van der Waals surface area contributed by atoms with Crippen LogP contribution in [0.4, 0.5) is 0 Å². The van der Waals surface area contributed by atoms with Crippen molar-refractivity contribution in [1.82, 2.24) is 34.9 Å². The minimum absolute atomic E-state index is 0.201. The van der Waals surface area contributed by atoms with Gasteiger partial charge in [-0.2, -0.15) is 10.2 Å². The van der Waals surface area contributed by atoms with Gasteiger partial charge in [-0.3, -0.25) is 14.6 Å². The van der Waals surface area contributed by atoms with Gasteiger partial charge in [-0.25, -0.2) is 9.97 Å². The van der Waals surface area contributed by atoms with Crippen molar-refractivity contribution in [1.29, 1.82) is 0 Å². The number of H-pyrrole nitrogens is 2. The SMILES string of the molecule is Cn1cc(-c2cnc3[nH]cc(-c4n[nH]c(C(=O)c5ccccc5)n4)c3c2)cn1. The number of benzene rings is 1. The molecule has 5 rings (SSSR count). The maximum Gasteiger partial charge on any atom is 0.229 e. The zero-order valence-electron chi connectivity index (χ0n) is 14.9. The lowest BCUT2D eigenvalue weighted by atomic mass is 10.1. The van der Waals surface area contributed by atoms with E-state index in [1.165, 1.54) is 0 Å². The Morgan fingerprint density at radius 3 is 2.75 bits per heavy atom. The molecular formula is C20H15N7O. The average molecular weight is 369 g/mol. The van der Waals surface area contributed by atoms with Crippen molar-refractivity contribution in [2.24, 2.45) is 7.05 Å². The first-order valence-electron chi connectivity index (χ1n) is 8.68. The monoisotopic (exact) mass is 369 g/mol. The number of fused-ring (bicyclic) bond motifs is 1. The number of hydrogen-bond donors (Lipinski definition) is 2. The first kappa shape index (κ1) is 16.1. The molecule has 0 aliphatic rings. The fourth-order valence-corrected chi connectivity index (χ4v) is 3.13. The topological polar surface area (TPSA) is 105 Å². The standard InChI is InChI=1S/C20H15N7O/c1-27-11-14(9-23-27)13-7-15-16(10-22-18(15)21-8-13)19-24-20(26-25-19)17(28)12-5-3-2-4-6-12/h2-11H,1H3,(H,21,22)(H,24,25,26). The van der Waals surface area contributed by atoms with E-state index in [4.69, 9.17) is 0 Å². The summed E-state index contributed by atoms with van der Waals surface area (Å²) < 4.78 is 1.74. The molecular weight excluding hydrogens is 354 g/mol. The first-order valence-corrected chi connectivity index (χ1v) is 8.68. The smallest absolute Gasteiger partial charge is 0.229 e. The molecule has 5 aromatic rings. The first-order chi connectivity index (χ1) is 13.7. The summed E-state index contributed by atoms with van der Waals surface area (Å²) in [5.74, 6) is 0.441. The number of hydrogen-bond acceptors (Lipinski definition) is 5. The van der Waals surface area contributed by atoms with Gasteiger partial charge in [0.1, 0.15) is 5.65 Å². The molecule has 4 aromatic heterocycles. The normalized spacial score (nSPS) is 11.2. The van der Waals surface area contributed by atoms with Gasteiger partial charge in [0.2, 0.25) is 5.78 Å². The van der Waals surface area contributed by atoms with Crippen LogP contribution in [0.15, 0.2) is 61.2 Å². The molecule has 0 spiro atoms. The summed E-state index contributed by atoms with van der Waals surface area (Å²) in [6.45, 7) is 0. The highest BCUT2D eigenvalue weighted by atomic mass is 16.1. The highest BCUT2D eigenvalue weighted by Crippen LogP contribution is 2.29. The van der Waals surface area contributed by atoms with E-state index >= 15 is 0 Å². The number of nitrogens with one attached hydrogen (secondary N) is 2. The van der Waals surface area contributed by atoms with Crippen LogP contribution >= 0.6 is 0 Å². The van der Waals surface area contributed by atoms with Gasteiger partial charge in [-0.15, -0.1) is 0 Å².